The van der Waals surface area contributed by atoms with Crippen LogP contribution in [0.5, 0.6) is 5.75 Å². The molecule has 1 amide bonds. The molecular formula is C17H15BrClNO4. The zero-order valence-electron chi connectivity index (χ0n) is 13.1. The van der Waals surface area contributed by atoms with E-state index in [-0.39, 0.29) is 28.8 Å². The molecular weight excluding hydrogens is 398 g/mol. The number of halogens is 2. The van der Waals surface area contributed by atoms with Crippen molar-refractivity contribution in [3.05, 3.63) is 57.0 Å². The molecule has 0 bridgehead atoms. The number of nitrogens with one attached hydrogen (secondary N) is 1. The van der Waals surface area contributed by atoms with Gasteiger partial charge in [-0.25, -0.2) is 4.79 Å². The van der Waals surface area contributed by atoms with Gasteiger partial charge in [0.15, 0.2) is 0 Å². The van der Waals surface area contributed by atoms with Crippen LogP contribution in [0.2, 0.25) is 5.02 Å². The summed E-state index contributed by atoms with van der Waals surface area (Å²) in [6.45, 7) is 1.94. The molecule has 126 valence electrons. The Morgan fingerprint density at radius 3 is 2.46 bits per heavy atom. The van der Waals surface area contributed by atoms with Crippen molar-refractivity contribution in [1.29, 1.82) is 0 Å². The average Bonchev–Trinajstić information content (AvgIpc) is 2.57. The van der Waals surface area contributed by atoms with E-state index in [1.807, 2.05) is 0 Å². The lowest BCUT2D eigenvalue weighted by Gasteiger charge is -2.13. The van der Waals surface area contributed by atoms with E-state index < -0.39 is 5.97 Å². The molecule has 0 heterocycles. The number of methoxy groups -OCH3 is 1. The Labute approximate surface area is 153 Å². The third-order valence-corrected chi connectivity index (χ3v) is 3.98. The van der Waals surface area contributed by atoms with Gasteiger partial charge in [-0.15, -0.1) is 0 Å². The molecule has 0 aliphatic carbocycles. The monoisotopic (exact) mass is 411 g/mol. The van der Waals surface area contributed by atoms with Gasteiger partial charge in [0, 0.05) is 16.1 Å². The fourth-order valence-electron chi connectivity index (χ4n) is 1.98. The average molecular weight is 413 g/mol. The summed E-state index contributed by atoms with van der Waals surface area (Å²) < 4.78 is 11.0. The predicted octanol–water partition coefficient (Wildman–Crippen LogP) is 4.54. The molecule has 24 heavy (non-hydrogen) atoms. The summed E-state index contributed by atoms with van der Waals surface area (Å²) in [5, 5.41) is 2.91. The molecule has 0 unspecified atom stereocenters. The molecule has 0 fully saturated rings. The van der Waals surface area contributed by atoms with E-state index in [1.165, 1.54) is 19.2 Å². The predicted molar refractivity (Wildman–Crippen MR) is 96.1 cm³/mol. The highest BCUT2D eigenvalue weighted by atomic mass is 79.9. The van der Waals surface area contributed by atoms with Gasteiger partial charge in [-0.1, -0.05) is 27.5 Å². The fraction of sp³-hybridized carbons (Fsp3) is 0.176. The number of hydrogen-bond acceptors (Lipinski definition) is 4. The zero-order chi connectivity index (χ0) is 17.7. The van der Waals surface area contributed by atoms with E-state index in [0.29, 0.717) is 11.3 Å². The third kappa shape index (κ3) is 4.27. The number of carbonyl (C=O) groups excluding carboxylic acids is 2. The zero-order valence-corrected chi connectivity index (χ0v) is 15.4. The van der Waals surface area contributed by atoms with Crippen LogP contribution in [0.1, 0.15) is 27.6 Å². The number of anilines is 1. The van der Waals surface area contributed by atoms with Crippen molar-refractivity contribution in [2.24, 2.45) is 0 Å². The van der Waals surface area contributed by atoms with Crippen LogP contribution >= 0.6 is 27.5 Å². The lowest BCUT2D eigenvalue weighted by atomic mass is 10.1. The smallest absolute Gasteiger partial charge is 0.341 e. The largest absolute Gasteiger partial charge is 0.496 e. The Morgan fingerprint density at radius 1 is 1.21 bits per heavy atom. The van der Waals surface area contributed by atoms with Gasteiger partial charge in [0.25, 0.3) is 5.91 Å². The first kappa shape index (κ1) is 18.3. The van der Waals surface area contributed by atoms with E-state index in [9.17, 15) is 9.59 Å². The summed E-state index contributed by atoms with van der Waals surface area (Å²) in [5.74, 6) is -0.596. The third-order valence-electron chi connectivity index (χ3n) is 3.14. The second kappa shape index (κ2) is 8.17. The molecule has 7 heteroatoms. The van der Waals surface area contributed by atoms with Crippen LogP contribution in [0, 0.1) is 0 Å². The molecule has 0 saturated heterocycles. The van der Waals surface area contributed by atoms with E-state index >= 15 is 0 Å². The minimum Gasteiger partial charge on any atom is -0.496 e. The molecule has 0 saturated carbocycles. The summed E-state index contributed by atoms with van der Waals surface area (Å²) >= 11 is 9.49. The SMILES string of the molecule is CCOC(=O)c1cc(Cl)c(NC(=O)c2ccc(Br)cc2)cc1OC. The van der Waals surface area contributed by atoms with Gasteiger partial charge in [-0.05, 0) is 37.3 Å². The molecule has 0 aromatic heterocycles. The van der Waals surface area contributed by atoms with Crippen molar-refractivity contribution in [2.45, 2.75) is 6.92 Å². The van der Waals surface area contributed by atoms with Crippen LogP contribution in [0.15, 0.2) is 40.9 Å². The molecule has 2 aromatic carbocycles. The second-order valence-corrected chi connectivity index (χ2v) is 6.04. The normalized spacial score (nSPS) is 10.2. The van der Waals surface area contributed by atoms with Crippen molar-refractivity contribution in [2.75, 3.05) is 19.0 Å². The van der Waals surface area contributed by atoms with E-state index in [1.54, 1.807) is 31.2 Å². The number of amides is 1. The van der Waals surface area contributed by atoms with Crippen molar-refractivity contribution < 1.29 is 19.1 Å². The van der Waals surface area contributed by atoms with Crippen LogP contribution in [-0.4, -0.2) is 25.6 Å². The summed E-state index contributed by atoms with van der Waals surface area (Å²) in [4.78, 5) is 24.2. The van der Waals surface area contributed by atoms with Crippen molar-refractivity contribution in [1.82, 2.24) is 0 Å². The Morgan fingerprint density at radius 2 is 1.88 bits per heavy atom. The molecule has 0 atom stereocenters. The molecule has 0 aliphatic heterocycles. The van der Waals surface area contributed by atoms with Crippen LogP contribution in [0.3, 0.4) is 0 Å². The topological polar surface area (TPSA) is 64.6 Å². The highest BCUT2D eigenvalue weighted by molar-refractivity contribution is 9.10. The maximum atomic E-state index is 12.3. The number of benzene rings is 2. The van der Waals surface area contributed by atoms with Crippen LogP contribution < -0.4 is 10.1 Å². The quantitative estimate of drug-likeness (QED) is 0.732. The van der Waals surface area contributed by atoms with Crippen LogP contribution in [0.25, 0.3) is 0 Å². The number of ether oxygens (including phenoxy) is 2. The maximum absolute atomic E-state index is 12.3. The first-order valence-electron chi connectivity index (χ1n) is 7.07. The number of esters is 1. The Kier molecular flexibility index (Phi) is 6.23. The van der Waals surface area contributed by atoms with Gasteiger partial charge in [-0.2, -0.15) is 0 Å². The van der Waals surface area contributed by atoms with Crippen molar-refractivity contribution >= 4 is 45.1 Å². The first-order valence-corrected chi connectivity index (χ1v) is 8.25. The van der Waals surface area contributed by atoms with Crippen LogP contribution in [0.4, 0.5) is 5.69 Å². The summed E-state index contributed by atoms with van der Waals surface area (Å²) in [6.07, 6.45) is 0. The second-order valence-electron chi connectivity index (χ2n) is 4.71. The Bertz CT molecular complexity index is 762. The van der Waals surface area contributed by atoms with Gasteiger partial charge in [0.05, 0.1) is 24.4 Å². The van der Waals surface area contributed by atoms with Crippen molar-refractivity contribution in [3.63, 3.8) is 0 Å². The molecule has 0 radical (unpaired) electrons. The van der Waals surface area contributed by atoms with E-state index in [2.05, 4.69) is 21.2 Å². The molecule has 2 rings (SSSR count). The molecule has 0 aliphatic rings. The number of hydrogen-bond donors (Lipinski definition) is 1. The van der Waals surface area contributed by atoms with Gasteiger partial charge in [-0.3, -0.25) is 4.79 Å². The first-order chi connectivity index (χ1) is 11.5. The van der Waals surface area contributed by atoms with E-state index in [0.717, 1.165) is 4.47 Å². The fourth-order valence-corrected chi connectivity index (χ4v) is 2.46. The lowest BCUT2D eigenvalue weighted by molar-refractivity contribution is 0.0522. The lowest BCUT2D eigenvalue weighted by Crippen LogP contribution is -2.13. The van der Waals surface area contributed by atoms with Gasteiger partial charge < -0.3 is 14.8 Å². The molecule has 2 aromatic rings. The summed E-state index contributed by atoms with van der Waals surface area (Å²) in [6, 6.07) is 9.79. The number of rotatable bonds is 5. The highest BCUT2D eigenvalue weighted by Gasteiger charge is 2.18. The molecule has 0 spiro atoms. The van der Waals surface area contributed by atoms with Crippen molar-refractivity contribution in [3.8, 4) is 5.75 Å². The number of carbonyl (C=O) groups is 2. The van der Waals surface area contributed by atoms with Crippen LogP contribution in [-0.2, 0) is 4.74 Å². The molecule has 5 nitrogen and oxygen atoms in total. The van der Waals surface area contributed by atoms with Gasteiger partial charge >= 0.3 is 5.97 Å². The van der Waals surface area contributed by atoms with Gasteiger partial charge in [0.2, 0.25) is 0 Å². The maximum Gasteiger partial charge on any atom is 0.341 e. The molecule has 1 N–H and O–H groups in total. The Hall–Kier alpha value is -2.05. The Balaban J connectivity index is 2.29. The summed E-state index contributed by atoms with van der Waals surface area (Å²) in [7, 11) is 1.42. The van der Waals surface area contributed by atoms with E-state index in [4.69, 9.17) is 21.1 Å². The highest BCUT2D eigenvalue weighted by Crippen LogP contribution is 2.32. The summed E-state index contributed by atoms with van der Waals surface area (Å²) in [5.41, 5.74) is 1.02. The minimum atomic E-state index is -0.540. The minimum absolute atomic E-state index is 0.200. The van der Waals surface area contributed by atoms with Gasteiger partial charge in [0.1, 0.15) is 11.3 Å². The standard InChI is InChI=1S/C17H15BrClNO4/c1-3-24-17(22)12-8-13(19)14(9-15(12)23-2)20-16(21)10-4-6-11(18)7-5-10/h4-9H,3H2,1-2H3,(H,20,21).